The van der Waals surface area contributed by atoms with Crippen molar-refractivity contribution >= 4 is 29.4 Å². The molecule has 0 aromatic heterocycles. The molecule has 2 aromatic carbocycles. The fourth-order valence-corrected chi connectivity index (χ4v) is 4.36. The van der Waals surface area contributed by atoms with Crippen molar-refractivity contribution in [2.75, 3.05) is 24.5 Å². The van der Waals surface area contributed by atoms with Crippen LogP contribution in [0.1, 0.15) is 34.3 Å². The van der Waals surface area contributed by atoms with E-state index in [9.17, 15) is 22.8 Å². The van der Waals surface area contributed by atoms with E-state index in [4.69, 9.17) is 21.4 Å². The first-order valence-electron chi connectivity index (χ1n) is 9.98. The maximum absolute atomic E-state index is 13.1. The topological polar surface area (TPSA) is 70.1 Å². The Bertz CT molecular complexity index is 1030. The summed E-state index contributed by atoms with van der Waals surface area (Å²) in [6.45, 7) is 1.79. The Balaban J connectivity index is 1.39. The summed E-state index contributed by atoms with van der Waals surface area (Å²) >= 11 is 5.69. The van der Waals surface area contributed by atoms with E-state index in [2.05, 4.69) is 0 Å². The SMILES string of the molecule is O=C(O)c1ccc(N2CC3(CCN(Cc4ccc(Cl)c(C(F)(F)F)c4)CC3)OC2=O)cc1. The average Bonchev–Trinajstić information content (AvgIpc) is 3.06. The number of carbonyl (C=O) groups excluding carboxylic acids is 1. The Morgan fingerprint density at radius 1 is 1.12 bits per heavy atom. The van der Waals surface area contributed by atoms with Crippen molar-refractivity contribution in [1.29, 1.82) is 0 Å². The minimum Gasteiger partial charge on any atom is -0.478 e. The van der Waals surface area contributed by atoms with Crippen molar-refractivity contribution < 1.29 is 32.6 Å². The van der Waals surface area contributed by atoms with Crippen molar-refractivity contribution in [3.63, 3.8) is 0 Å². The summed E-state index contributed by atoms with van der Waals surface area (Å²) in [6, 6.07) is 9.91. The van der Waals surface area contributed by atoms with Crippen molar-refractivity contribution in [2.45, 2.75) is 31.2 Å². The third kappa shape index (κ3) is 4.54. The monoisotopic (exact) mass is 468 g/mol. The van der Waals surface area contributed by atoms with Gasteiger partial charge >= 0.3 is 18.2 Å². The molecule has 2 aliphatic heterocycles. The number of rotatable bonds is 4. The maximum atomic E-state index is 13.1. The molecule has 1 amide bonds. The van der Waals surface area contributed by atoms with Crippen molar-refractivity contribution in [2.24, 2.45) is 0 Å². The predicted octanol–water partition coefficient (Wildman–Crippen LogP) is 5.05. The third-order valence-corrected chi connectivity index (χ3v) is 6.24. The van der Waals surface area contributed by atoms with Crippen LogP contribution in [0.4, 0.5) is 23.7 Å². The van der Waals surface area contributed by atoms with Gasteiger partial charge in [0.05, 0.1) is 22.7 Å². The van der Waals surface area contributed by atoms with Gasteiger partial charge in [-0.3, -0.25) is 9.80 Å². The molecule has 0 radical (unpaired) electrons. The number of hydrogen-bond donors (Lipinski definition) is 1. The number of benzene rings is 2. The number of ether oxygens (including phenoxy) is 1. The number of piperidine rings is 1. The smallest absolute Gasteiger partial charge is 0.417 e. The normalized spacial score (nSPS) is 18.8. The van der Waals surface area contributed by atoms with Gasteiger partial charge in [-0.1, -0.05) is 17.7 Å². The molecule has 2 saturated heterocycles. The van der Waals surface area contributed by atoms with Gasteiger partial charge in [0, 0.05) is 38.2 Å². The molecule has 32 heavy (non-hydrogen) atoms. The Labute approximate surface area is 187 Å². The average molecular weight is 469 g/mol. The first kappa shape index (κ1) is 22.4. The van der Waals surface area contributed by atoms with E-state index in [1.807, 2.05) is 4.90 Å². The van der Waals surface area contributed by atoms with Crippen LogP contribution in [0, 0.1) is 0 Å². The molecular formula is C22H20ClF3N2O4. The summed E-state index contributed by atoms with van der Waals surface area (Å²) in [5, 5.41) is 8.69. The molecule has 2 aliphatic rings. The van der Waals surface area contributed by atoms with Gasteiger partial charge in [-0.2, -0.15) is 13.2 Å². The van der Waals surface area contributed by atoms with Gasteiger partial charge in [0.1, 0.15) is 5.60 Å². The zero-order valence-electron chi connectivity index (χ0n) is 16.9. The molecule has 1 spiro atoms. The molecular weight excluding hydrogens is 449 g/mol. The quantitative estimate of drug-likeness (QED) is 0.680. The number of likely N-dealkylation sites (tertiary alicyclic amines) is 1. The van der Waals surface area contributed by atoms with Crippen LogP contribution in [-0.2, 0) is 17.5 Å². The number of carboxylic acids is 1. The fourth-order valence-electron chi connectivity index (χ4n) is 4.13. The van der Waals surface area contributed by atoms with Crippen LogP contribution in [-0.4, -0.2) is 47.3 Å². The Kier molecular flexibility index (Phi) is 5.81. The number of alkyl halides is 3. The highest BCUT2D eigenvalue weighted by molar-refractivity contribution is 6.31. The van der Waals surface area contributed by atoms with Crippen LogP contribution in [0.25, 0.3) is 0 Å². The van der Waals surface area contributed by atoms with Crippen molar-refractivity contribution in [3.8, 4) is 0 Å². The van der Waals surface area contributed by atoms with Gasteiger partial charge in [0.15, 0.2) is 0 Å². The Morgan fingerprint density at radius 3 is 2.38 bits per heavy atom. The number of nitrogens with zero attached hydrogens (tertiary/aromatic N) is 2. The van der Waals surface area contributed by atoms with E-state index >= 15 is 0 Å². The van der Waals surface area contributed by atoms with E-state index < -0.39 is 29.4 Å². The summed E-state index contributed by atoms with van der Waals surface area (Å²) < 4.78 is 45.0. The van der Waals surface area contributed by atoms with Crippen molar-refractivity contribution in [3.05, 3.63) is 64.2 Å². The second-order valence-electron chi connectivity index (χ2n) is 8.08. The second-order valence-corrected chi connectivity index (χ2v) is 8.48. The highest BCUT2D eigenvalue weighted by Crippen LogP contribution is 2.37. The van der Waals surface area contributed by atoms with Crippen LogP contribution in [0.15, 0.2) is 42.5 Å². The zero-order chi connectivity index (χ0) is 23.1. The zero-order valence-corrected chi connectivity index (χ0v) is 17.6. The van der Waals surface area contributed by atoms with E-state index in [0.29, 0.717) is 50.3 Å². The Morgan fingerprint density at radius 2 is 1.78 bits per heavy atom. The molecule has 10 heteroatoms. The fraction of sp³-hybridized carbons (Fsp3) is 0.364. The van der Waals surface area contributed by atoms with Gasteiger partial charge < -0.3 is 9.84 Å². The minimum atomic E-state index is -4.51. The first-order valence-corrected chi connectivity index (χ1v) is 10.4. The van der Waals surface area contributed by atoms with Crippen LogP contribution in [0.2, 0.25) is 5.02 Å². The number of carbonyl (C=O) groups is 2. The molecule has 2 aromatic rings. The first-order chi connectivity index (χ1) is 15.1. The standard InChI is InChI=1S/C22H20ClF3N2O4/c23-18-6-1-14(11-17(18)22(24,25)26)12-27-9-7-21(8-10-27)13-28(20(31)32-21)16-4-2-15(3-5-16)19(29)30/h1-6,11H,7-10,12-13H2,(H,29,30). The summed E-state index contributed by atoms with van der Waals surface area (Å²) in [5.74, 6) is -1.05. The molecule has 0 saturated carbocycles. The molecule has 0 unspecified atom stereocenters. The number of hydrogen-bond acceptors (Lipinski definition) is 4. The number of amides is 1. The largest absolute Gasteiger partial charge is 0.478 e. The van der Waals surface area contributed by atoms with Gasteiger partial charge in [0.25, 0.3) is 0 Å². The molecule has 0 aliphatic carbocycles. The maximum Gasteiger partial charge on any atom is 0.417 e. The third-order valence-electron chi connectivity index (χ3n) is 5.91. The van der Waals surface area contributed by atoms with Crippen molar-refractivity contribution in [1.82, 2.24) is 4.90 Å². The van der Waals surface area contributed by atoms with Crippen LogP contribution in [0.3, 0.4) is 0 Å². The molecule has 0 bridgehead atoms. The van der Waals surface area contributed by atoms with E-state index in [1.54, 1.807) is 18.2 Å². The van der Waals surface area contributed by atoms with E-state index in [1.165, 1.54) is 23.1 Å². The number of halogens is 4. The number of anilines is 1. The molecule has 170 valence electrons. The molecule has 0 atom stereocenters. The minimum absolute atomic E-state index is 0.125. The van der Waals surface area contributed by atoms with Gasteiger partial charge in [0.2, 0.25) is 0 Å². The summed E-state index contributed by atoms with van der Waals surface area (Å²) in [4.78, 5) is 27.0. The van der Waals surface area contributed by atoms with Crippen LogP contribution in [0.5, 0.6) is 0 Å². The van der Waals surface area contributed by atoms with Gasteiger partial charge in [-0.15, -0.1) is 0 Å². The lowest BCUT2D eigenvalue weighted by atomic mass is 9.91. The Hall–Kier alpha value is -2.78. The number of carboxylic acid groups (broad SMARTS) is 1. The van der Waals surface area contributed by atoms with E-state index in [0.717, 1.165) is 6.07 Å². The molecule has 2 fully saturated rings. The van der Waals surface area contributed by atoms with Gasteiger partial charge in [-0.25, -0.2) is 9.59 Å². The number of aromatic carboxylic acids is 1. The van der Waals surface area contributed by atoms with Crippen LogP contribution >= 0.6 is 11.6 Å². The molecule has 6 nitrogen and oxygen atoms in total. The second kappa shape index (κ2) is 8.29. The predicted molar refractivity (Wildman–Crippen MR) is 111 cm³/mol. The van der Waals surface area contributed by atoms with Gasteiger partial charge in [-0.05, 0) is 42.0 Å². The molecule has 2 heterocycles. The van der Waals surface area contributed by atoms with E-state index in [-0.39, 0.29) is 10.6 Å². The highest BCUT2D eigenvalue weighted by Gasteiger charge is 2.47. The lowest BCUT2D eigenvalue weighted by Crippen LogP contribution is -2.46. The summed E-state index contributed by atoms with van der Waals surface area (Å²) in [5.41, 5.74) is -0.322. The summed E-state index contributed by atoms with van der Waals surface area (Å²) in [7, 11) is 0. The lowest BCUT2D eigenvalue weighted by molar-refractivity contribution is -0.137. The highest BCUT2D eigenvalue weighted by atomic mass is 35.5. The molecule has 1 N–H and O–H groups in total. The molecule has 4 rings (SSSR count). The van der Waals surface area contributed by atoms with Crippen LogP contribution < -0.4 is 4.90 Å². The lowest BCUT2D eigenvalue weighted by Gasteiger charge is -2.37. The summed E-state index contributed by atoms with van der Waals surface area (Å²) in [6.07, 6.45) is -3.91.